The Hall–Kier alpha value is -2.12. The van der Waals surface area contributed by atoms with Gasteiger partial charge in [-0.05, 0) is 46.0 Å². The van der Waals surface area contributed by atoms with Crippen LogP contribution in [-0.4, -0.2) is 52.9 Å². The van der Waals surface area contributed by atoms with E-state index in [0.717, 1.165) is 24.2 Å². The van der Waals surface area contributed by atoms with E-state index in [1.54, 1.807) is 6.92 Å². The molecule has 0 radical (unpaired) electrons. The zero-order chi connectivity index (χ0) is 18.1. The van der Waals surface area contributed by atoms with Gasteiger partial charge in [0.2, 0.25) is 0 Å². The first-order valence-electron chi connectivity index (χ1n) is 8.20. The van der Waals surface area contributed by atoms with Crippen LogP contribution < -0.4 is 10.6 Å². The predicted octanol–water partition coefficient (Wildman–Crippen LogP) is 0.555. The molecule has 24 heavy (non-hydrogen) atoms. The normalized spacial score (nSPS) is 23.9. The molecule has 0 aromatic carbocycles. The average molecular weight is 339 g/mol. The van der Waals surface area contributed by atoms with Gasteiger partial charge < -0.3 is 15.4 Å². The lowest BCUT2D eigenvalue weighted by molar-refractivity contribution is -0.151. The molecule has 0 bridgehead atoms. The predicted molar refractivity (Wildman–Crippen MR) is 84.8 cm³/mol. The van der Waals surface area contributed by atoms with Crippen molar-refractivity contribution in [1.82, 2.24) is 15.5 Å². The second-order valence-corrected chi connectivity index (χ2v) is 7.24. The van der Waals surface area contributed by atoms with Gasteiger partial charge in [0.15, 0.2) is 6.61 Å². The molecule has 2 fully saturated rings. The third kappa shape index (κ3) is 3.85. The highest BCUT2D eigenvalue weighted by Gasteiger charge is 2.56. The molecule has 1 saturated heterocycles. The Morgan fingerprint density at radius 2 is 2.00 bits per heavy atom. The second-order valence-electron chi connectivity index (χ2n) is 7.24. The number of urea groups is 1. The van der Waals surface area contributed by atoms with Crippen molar-refractivity contribution in [3.05, 3.63) is 0 Å². The van der Waals surface area contributed by atoms with Gasteiger partial charge in [0.05, 0.1) is 0 Å². The molecular weight excluding hydrogens is 314 g/mol. The van der Waals surface area contributed by atoms with Crippen molar-refractivity contribution in [1.29, 1.82) is 0 Å². The molecule has 2 aliphatic rings. The number of amides is 4. The van der Waals surface area contributed by atoms with E-state index in [9.17, 15) is 19.2 Å². The molecule has 1 atom stereocenters. The van der Waals surface area contributed by atoms with Gasteiger partial charge in [0, 0.05) is 5.54 Å². The van der Waals surface area contributed by atoms with Crippen LogP contribution in [0.5, 0.6) is 0 Å². The van der Waals surface area contributed by atoms with Crippen LogP contribution in [0.25, 0.3) is 0 Å². The number of rotatable bonds is 7. The first-order chi connectivity index (χ1) is 11.1. The van der Waals surface area contributed by atoms with Crippen LogP contribution in [0.2, 0.25) is 0 Å². The first-order valence-corrected chi connectivity index (χ1v) is 8.20. The van der Waals surface area contributed by atoms with Gasteiger partial charge in [-0.15, -0.1) is 0 Å². The zero-order valence-corrected chi connectivity index (χ0v) is 14.6. The summed E-state index contributed by atoms with van der Waals surface area (Å²) in [7, 11) is 0. The Morgan fingerprint density at radius 1 is 1.38 bits per heavy atom. The molecule has 0 spiro atoms. The Kier molecular flexibility index (Phi) is 4.87. The molecule has 1 aliphatic heterocycles. The number of imide groups is 1. The van der Waals surface area contributed by atoms with Crippen LogP contribution in [0, 0.1) is 5.92 Å². The maximum absolute atomic E-state index is 12.4. The van der Waals surface area contributed by atoms with E-state index in [1.165, 1.54) is 0 Å². The van der Waals surface area contributed by atoms with Gasteiger partial charge in [-0.2, -0.15) is 0 Å². The molecule has 2 rings (SSSR count). The summed E-state index contributed by atoms with van der Waals surface area (Å²) in [6.07, 6.45) is 2.50. The van der Waals surface area contributed by atoms with Gasteiger partial charge in [-0.3, -0.25) is 19.3 Å². The zero-order valence-electron chi connectivity index (χ0n) is 14.6. The van der Waals surface area contributed by atoms with Crippen molar-refractivity contribution in [2.24, 2.45) is 5.92 Å². The maximum Gasteiger partial charge on any atom is 0.326 e. The maximum atomic E-state index is 12.4. The highest BCUT2D eigenvalue weighted by Crippen LogP contribution is 2.42. The summed E-state index contributed by atoms with van der Waals surface area (Å²) in [6.45, 7) is 6.40. The summed E-state index contributed by atoms with van der Waals surface area (Å²) in [5.41, 5.74) is -1.32. The Bertz CT molecular complexity index is 570. The van der Waals surface area contributed by atoms with Crippen molar-refractivity contribution in [3.8, 4) is 0 Å². The van der Waals surface area contributed by atoms with Crippen LogP contribution >= 0.6 is 0 Å². The van der Waals surface area contributed by atoms with Gasteiger partial charge in [0.25, 0.3) is 11.8 Å². The lowest BCUT2D eigenvalue weighted by atomic mass is 9.96. The summed E-state index contributed by atoms with van der Waals surface area (Å²) in [5.74, 6) is -1.50. The third-order valence-corrected chi connectivity index (χ3v) is 4.71. The van der Waals surface area contributed by atoms with Crippen LogP contribution in [0.3, 0.4) is 0 Å². The van der Waals surface area contributed by atoms with Crippen LogP contribution in [0.15, 0.2) is 0 Å². The van der Waals surface area contributed by atoms with Crippen LogP contribution in [0.1, 0.15) is 47.0 Å². The molecule has 1 aliphatic carbocycles. The summed E-state index contributed by atoms with van der Waals surface area (Å²) in [6, 6.07) is -0.595. The number of hydrogen-bond donors (Lipinski definition) is 2. The number of nitrogens with one attached hydrogen (secondary N) is 2. The third-order valence-electron chi connectivity index (χ3n) is 4.71. The van der Waals surface area contributed by atoms with Gasteiger partial charge in [-0.25, -0.2) is 4.79 Å². The molecule has 1 heterocycles. The van der Waals surface area contributed by atoms with Crippen molar-refractivity contribution < 1.29 is 23.9 Å². The quantitative estimate of drug-likeness (QED) is 0.521. The molecule has 134 valence electrons. The van der Waals surface area contributed by atoms with Crippen molar-refractivity contribution in [3.63, 3.8) is 0 Å². The van der Waals surface area contributed by atoms with Gasteiger partial charge in [-0.1, -0.05) is 6.92 Å². The van der Waals surface area contributed by atoms with E-state index in [4.69, 9.17) is 4.74 Å². The Labute approximate surface area is 141 Å². The number of carbonyl (C=O) groups is 4. The largest absolute Gasteiger partial charge is 0.454 e. The standard InChI is InChI=1S/C16H25N3O5/c1-5-15(2,3)17-11(20)9-24-12(21)8-19-13(22)16(4,10-6-7-10)18-14(19)23/h10H,5-9H2,1-4H3,(H,17,20)(H,18,23). The van der Waals surface area contributed by atoms with Gasteiger partial charge in [0.1, 0.15) is 12.1 Å². The fourth-order valence-electron chi connectivity index (χ4n) is 2.62. The molecule has 0 aromatic rings. The molecule has 4 amide bonds. The lowest BCUT2D eigenvalue weighted by Crippen LogP contribution is -2.46. The highest BCUT2D eigenvalue weighted by molar-refractivity contribution is 6.08. The highest BCUT2D eigenvalue weighted by atomic mass is 16.5. The van der Waals surface area contributed by atoms with Crippen molar-refractivity contribution >= 4 is 23.8 Å². The summed E-state index contributed by atoms with van der Waals surface area (Å²) in [4.78, 5) is 48.8. The van der Waals surface area contributed by atoms with E-state index in [0.29, 0.717) is 0 Å². The Morgan fingerprint density at radius 3 is 2.54 bits per heavy atom. The van der Waals surface area contributed by atoms with E-state index in [2.05, 4.69) is 10.6 Å². The minimum absolute atomic E-state index is 0.122. The molecule has 1 saturated carbocycles. The summed E-state index contributed by atoms with van der Waals surface area (Å²) < 4.78 is 4.87. The minimum Gasteiger partial charge on any atom is -0.454 e. The number of hydrogen-bond acceptors (Lipinski definition) is 5. The fourth-order valence-corrected chi connectivity index (χ4v) is 2.62. The molecule has 8 heteroatoms. The second kappa shape index (κ2) is 6.41. The average Bonchev–Trinajstić information content (AvgIpc) is 3.31. The van der Waals surface area contributed by atoms with Crippen molar-refractivity contribution in [2.45, 2.75) is 58.0 Å². The first kappa shape index (κ1) is 18.2. The number of carbonyl (C=O) groups excluding carboxylic acids is 4. The smallest absolute Gasteiger partial charge is 0.326 e. The topological polar surface area (TPSA) is 105 Å². The van der Waals surface area contributed by atoms with E-state index >= 15 is 0 Å². The van der Waals surface area contributed by atoms with E-state index in [1.807, 2.05) is 20.8 Å². The molecule has 0 aromatic heterocycles. The van der Waals surface area contributed by atoms with Crippen molar-refractivity contribution in [2.75, 3.05) is 13.2 Å². The fraction of sp³-hybridized carbons (Fsp3) is 0.750. The number of ether oxygens (including phenoxy) is 1. The molecular formula is C16H25N3O5. The SMILES string of the molecule is CCC(C)(C)NC(=O)COC(=O)CN1C(=O)NC(C)(C2CC2)C1=O. The molecule has 8 nitrogen and oxygen atoms in total. The number of esters is 1. The van der Waals surface area contributed by atoms with E-state index < -0.39 is 42.5 Å². The van der Waals surface area contributed by atoms with E-state index in [-0.39, 0.29) is 11.5 Å². The molecule has 2 N–H and O–H groups in total. The Balaban J connectivity index is 1.83. The minimum atomic E-state index is -0.931. The lowest BCUT2D eigenvalue weighted by Gasteiger charge is -2.24. The van der Waals surface area contributed by atoms with Crippen LogP contribution in [-0.2, 0) is 19.1 Å². The van der Waals surface area contributed by atoms with Crippen LogP contribution in [0.4, 0.5) is 4.79 Å². The summed E-state index contributed by atoms with van der Waals surface area (Å²) >= 11 is 0. The summed E-state index contributed by atoms with van der Waals surface area (Å²) in [5, 5.41) is 5.38. The monoisotopic (exact) mass is 339 g/mol. The number of nitrogens with zero attached hydrogens (tertiary/aromatic N) is 1. The molecule has 1 unspecified atom stereocenters. The van der Waals surface area contributed by atoms with Gasteiger partial charge >= 0.3 is 12.0 Å².